The van der Waals surface area contributed by atoms with Gasteiger partial charge in [-0.15, -0.1) is 11.6 Å². The molecule has 2 unspecified atom stereocenters. The van der Waals surface area contributed by atoms with E-state index in [2.05, 4.69) is 39.0 Å². The van der Waals surface area contributed by atoms with Gasteiger partial charge in [0.2, 0.25) is 0 Å². The maximum absolute atomic E-state index is 6.20. The number of hydrogen-bond acceptors (Lipinski definition) is 1. The topological polar surface area (TPSA) is 17.8 Å². The molecular formula is C12H21ClN2. The molecule has 1 rings (SSSR count). The van der Waals surface area contributed by atoms with Crippen LogP contribution in [0.2, 0.25) is 0 Å². The standard InChI is InChI=1S/C12H21ClN2/c1-5-15-8-11(7-14-15)6-12(9(2)3)10(4)13/h7-10,12H,5-6H2,1-4H3. The van der Waals surface area contributed by atoms with Crippen LogP contribution in [-0.4, -0.2) is 15.2 Å². The average molecular weight is 229 g/mol. The Hall–Kier alpha value is -0.500. The lowest BCUT2D eigenvalue weighted by Crippen LogP contribution is -2.20. The molecular weight excluding hydrogens is 208 g/mol. The van der Waals surface area contributed by atoms with Gasteiger partial charge in [0.15, 0.2) is 0 Å². The van der Waals surface area contributed by atoms with Gasteiger partial charge in [0.25, 0.3) is 0 Å². The van der Waals surface area contributed by atoms with E-state index < -0.39 is 0 Å². The molecule has 0 aliphatic carbocycles. The minimum absolute atomic E-state index is 0.218. The fourth-order valence-corrected chi connectivity index (χ4v) is 2.27. The largest absolute Gasteiger partial charge is 0.273 e. The Kier molecular flexibility index (Phi) is 4.65. The molecule has 0 fully saturated rings. The van der Waals surface area contributed by atoms with Gasteiger partial charge in [0.1, 0.15) is 0 Å². The second-order valence-corrected chi connectivity index (χ2v) is 5.18. The van der Waals surface area contributed by atoms with E-state index in [-0.39, 0.29) is 5.38 Å². The zero-order valence-corrected chi connectivity index (χ0v) is 10.8. The lowest BCUT2D eigenvalue weighted by Gasteiger charge is -2.22. The highest BCUT2D eigenvalue weighted by Crippen LogP contribution is 2.24. The first-order valence-corrected chi connectivity index (χ1v) is 6.13. The van der Waals surface area contributed by atoms with E-state index in [4.69, 9.17) is 11.6 Å². The van der Waals surface area contributed by atoms with Crippen molar-refractivity contribution < 1.29 is 0 Å². The van der Waals surface area contributed by atoms with Gasteiger partial charge in [0, 0.05) is 18.1 Å². The number of hydrogen-bond donors (Lipinski definition) is 0. The predicted octanol–water partition coefficient (Wildman–Crippen LogP) is 3.35. The van der Waals surface area contributed by atoms with Crippen LogP contribution in [0.15, 0.2) is 12.4 Å². The van der Waals surface area contributed by atoms with Crippen molar-refractivity contribution in [3.05, 3.63) is 18.0 Å². The first-order valence-electron chi connectivity index (χ1n) is 5.70. The Balaban J connectivity index is 2.65. The Morgan fingerprint density at radius 2 is 2.07 bits per heavy atom. The molecule has 0 aliphatic heterocycles. The summed E-state index contributed by atoms with van der Waals surface area (Å²) >= 11 is 6.20. The van der Waals surface area contributed by atoms with Crippen LogP contribution in [-0.2, 0) is 13.0 Å². The predicted molar refractivity (Wildman–Crippen MR) is 65.2 cm³/mol. The zero-order valence-electron chi connectivity index (χ0n) is 10.1. The smallest absolute Gasteiger partial charge is 0.0521 e. The number of aromatic nitrogens is 2. The Morgan fingerprint density at radius 3 is 2.47 bits per heavy atom. The molecule has 1 aromatic heterocycles. The molecule has 0 radical (unpaired) electrons. The zero-order chi connectivity index (χ0) is 11.4. The number of rotatable bonds is 5. The molecule has 2 nitrogen and oxygen atoms in total. The van der Waals surface area contributed by atoms with Crippen molar-refractivity contribution in [3.8, 4) is 0 Å². The van der Waals surface area contributed by atoms with Crippen LogP contribution in [0.1, 0.15) is 33.3 Å². The second kappa shape index (κ2) is 5.55. The normalized spacial score (nSPS) is 15.6. The molecule has 0 spiro atoms. The van der Waals surface area contributed by atoms with Crippen LogP contribution in [0, 0.1) is 11.8 Å². The quantitative estimate of drug-likeness (QED) is 0.707. The average Bonchev–Trinajstić information content (AvgIpc) is 2.60. The molecule has 0 saturated heterocycles. The van der Waals surface area contributed by atoms with E-state index >= 15 is 0 Å². The van der Waals surface area contributed by atoms with Gasteiger partial charge in [-0.2, -0.15) is 5.10 Å². The summed E-state index contributed by atoms with van der Waals surface area (Å²) in [6, 6.07) is 0. The maximum atomic E-state index is 6.20. The number of alkyl halides is 1. The number of nitrogens with zero attached hydrogens (tertiary/aromatic N) is 2. The summed E-state index contributed by atoms with van der Waals surface area (Å²) in [4.78, 5) is 0. The van der Waals surface area contributed by atoms with Crippen LogP contribution in [0.5, 0.6) is 0 Å². The summed E-state index contributed by atoms with van der Waals surface area (Å²) in [6.45, 7) is 9.57. The van der Waals surface area contributed by atoms with E-state index in [0.717, 1.165) is 13.0 Å². The summed E-state index contributed by atoms with van der Waals surface area (Å²) in [5, 5.41) is 4.50. The van der Waals surface area contributed by atoms with Crippen LogP contribution in [0.4, 0.5) is 0 Å². The van der Waals surface area contributed by atoms with Crippen molar-refractivity contribution in [1.82, 2.24) is 9.78 Å². The molecule has 15 heavy (non-hydrogen) atoms. The number of halogens is 1. The van der Waals surface area contributed by atoms with E-state index in [9.17, 15) is 0 Å². The first-order chi connectivity index (χ1) is 7.04. The third-order valence-corrected chi connectivity index (χ3v) is 3.25. The fraction of sp³-hybridized carbons (Fsp3) is 0.750. The second-order valence-electron chi connectivity index (χ2n) is 4.49. The molecule has 3 heteroatoms. The van der Waals surface area contributed by atoms with Crippen molar-refractivity contribution in [2.75, 3.05) is 0 Å². The van der Waals surface area contributed by atoms with Gasteiger partial charge >= 0.3 is 0 Å². The van der Waals surface area contributed by atoms with Crippen LogP contribution in [0.3, 0.4) is 0 Å². The molecule has 1 aromatic rings. The number of aryl methyl sites for hydroxylation is 1. The van der Waals surface area contributed by atoms with Crippen molar-refractivity contribution in [2.24, 2.45) is 11.8 Å². The lowest BCUT2D eigenvalue weighted by atomic mass is 9.88. The maximum Gasteiger partial charge on any atom is 0.0521 e. The molecule has 0 aliphatic rings. The molecule has 0 bridgehead atoms. The van der Waals surface area contributed by atoms with Crippen LogP contribution < -0.4 is 0 Å². The molecule has 1 heterocycles. The monoisotopic (exact) mass is 228 g/mol. The first kappa shape index (κ1) is 12.6. The summed E-state index contributed by atoms with van der Waals surface area (Å²) in [5.74, 6) is 1.14. The molecule has 86 valence electrons. The minimum atomic E-state index is 0.218. The summed E-state index contributed by atoms with van der Waals surface area (Å²) in [7, 11) is 0. The van der Waals surface area contributed by atoms with Crippen molar-refractivity contribution in [1.29, 1.82) is 0 Å². The Labute approximate surface area is 97.6 Å². The third-order valence-electron chi connectivity index (χ3n) is 2.93. The highest BCUT2D eigenvalue weighted by Gasteiger charge is 2.19. The van der Waals surface area contributed by atoms with Gasteiger partial charge in [-0.25, -0.2) is 0 Å². The van der Waals surface area contributed by atoms with E-state index in [1.54, 1.807) is 0 Å². The van der Waals surface area contributed by atoms with Crippen LogP contribution in [0.25, 0.3) is 0 Å². The fourth-order valence-electron chi connectivity index (χ4n) is 1.89. The van der Waals surface area contributed by atoms with Crippen molar-refractivity contribution in [2.45, 2.75) is 46.0 Å². The van der Waals surface area contributed by atoms with Crippen molar-refractivity contribution >= 4 is 11.6 Å². The third kappa shape index (κ3) is 3.53. The highest BCUT2D eigenvalue weighted by molar-refractivity contribution is 6.20. The van der Waals surface area contributed by atoms with Gasteiger partial charge < -0.3 is 0 Å². The molecule has 0 amide bonds. The molecule has 0 saturated carbocycles. The van der Waals surface area contributed by atoms with Crippen LogP contribution >= 0.6 is 11.6 Å². The van der Waals surface area contributed by atoms with Crippen molar-refractivity contribution in [3.63, 3.8) is 0 Å². The van der Waals surface area contributed by atoms with E-state index in [1.807, 2.05) is 10.9 Å². The summed E-state index contributed by atoms with van der Waals surface area (Å²) in [5.41, 5.74) is 1.29. The Morgan fingerprint density at radius 1 is 1.40 bits per heavy atom. The molecule has 2 atom stereocenters. The van der Waals surface area contributed by atoms with E-state index in [0.29, 0.717) is 11.8 Å². The Bertz CT molecular complexity index is 284. The van der Waals surface area contributed by atoms with E-state index in [1.165, 1.54) is 5.56 Å². The van der Waals surface area contributed by atoms with Gasteiger partial charge in [-0.05, 0) is 37.7 Å². The van der Waals surface area contributed by atoms with Gasteiger partial charge in [-0.3, -0.25) is 4.68 Å². The SMILES string of the molecule is CCn1cc(CC(C(C)C)C(C)Cl)cn1. The molecule has 0 aromatic carbocycles. The summed E-state index contributed by atoms with van der Waals surface area (Å²) in [6.07, 6.45) is 5.11. The highest BCUT2D eigenvalue weighted by atomic mass is 35.5. The van der Waals surface area contributed by atoms with Gasteiger partial charge in [-0.1, -0.05) is 13.8 Å². The molecule has 0 N–H and O–H groups in total. The van der Waals surface area contributed by atoms with Gasteiger partial charge in [0.05, 0.1) is 6.20 Å². The lowest BCUT2D eigenvalue weighted by molar-refractivity contribution is 0.376. The summed E-state index contributed by atoms with van der Waals surface area (Å²) < 4.78 is 1.96. The minimum Gasteiger partial charge on any atom is -0.273 e.